The van der Waals surface area contributed by atoms with Crippen molar-refractivity contribution in [3.05, 3.63) is 41.2 Å². The van der Waals surface area contributed by atoms with Crippen LogP contribution in [0.3, 0.4) is 0 Å². The highest BCUT2D eigenvalue weighted by Gasteiger charge is 2.10. The molecule has 0 radical (unpaired) electrons. The van der Waals surface area contributed by atoms with Crippen molar-refractivity contribution >= 4 is 17.3 Å². The minimum absolute atomic E-state index is 0.158. The van der Waals surface area contributed by atoms with Crippen molar-refractivity contribution in [2.45, 2.75) is 13.8 Å². The first-order valence-corrected chi connectivity index (χ1v) is 5.65. The molecular weight excluding hydrogens is 228 g/mol. The normalized spacial score (nSPS) is 10.4. The summed E-state index contributed by atoms with van der Waals surface area (Å²) in [7, 11) is 1.82. The van der Waals surface area contributed by atoms with Crippen molar-refractivity contribution in [3.8, 4) is 0 Å². The quantitative estimate of drug-likeness (QED) is 0.792. The molecular formula is C13H16N4O. The first-order valence-electron chi connectivity index (χ1n) is 5.65. The Balaban J connectivity index is 2.22. The third-order valence-electron chi connectivity index (χ3n) is 2.79. The van der Waals surface area contributed by atoms with Gasteiger partial charge in [0.1, 0.15) is 0 Å². The lowest BCUT2D eigenvalue weighted by atomic mass is 10.1. The molecule has 0 saturated carbocycles. The first kappa shape index (κ1) is 12.2. The number of rotatable bonds is 2. The molecule has 0 fully saturated rings. The van der Waals surface area contributed by atoms with Crippen LogP contribution in [0.1, 0.15) is 21.6 Å². The van der Waals surface area contributed by atoms with Gasteiger partial charge in [0.15, 0.2) is 0 Å². The summed E-state index contributed by atoms with van der Waals surface area (Å²) < 4.78 is 1.67. The fraction of sp³-hybridized carbons (Fsp3) is 0.231. The van der Waals surface area contributed by atoms with E-state index in [1.54, 1.807) is 29.1 Å². The van der Waals surface area contributed by atoms with Gasteiger partial charge in [-0.05, 0) is 37.6 Å². The van der Waals surface area contributed by atoms with E-state index in [0.717, 1.165) is 16.9 Å². The molecule has 1 aromatic carbocycles. The van der Waals surface area contributed by atoms with E-state index < -0.39 is 0 Å². The molecule has 3 N–H and O–H groups in total. The molecule has 0 saturated heterocycles. The lowest BCUT2D eigenvalue weighted by Crippen LogP contribution is -2.12. The van der Waals surface area contributed by atoms with Crippen LogP contribution >= 0.6 is 0 Å². The lowest BCUT2D eigenvalue weighted by Gasteiger charge is -2.06. The molecule has 0 unspecified atom stereocenters. The zero-order valence-corrected chi connectivity index (χ0v) is 10.7. The number of aryl methyl sites for hydroxylation is 3. The van der Waals surface area contributed by atoms with Crippen molar-refractivity contribution in [3.63, 3.8) is 0 Å². The molecule has 18 heavy (non-hydrogen) atoms. The van der Waals surface area contributed by atoms with Crippen LogP contribution in [-0.4, -0.2) is 15.7 Å². The molecule has 5 nitrogen and oxygen atoms in total. The molecule has 0 aliphatic heterocycles. The molecule has 1 amide bonds. The number of carbonyl (C=O) groups is 1. The third-order valence-corrected chi connectivity index (χ3v) is 2.79. The summed E-state index contributed by atoms with van der Waals surface area (Å²) in [5.74, 6) is -0.158. The Morgan fingerprint density at radius 2 is 2.11 bits per heavy atom. The summed E-state index contributed by atoms with van der Waals surface area (Å²) in [5, 5.41) is 7.00. The number of amides is 1. The average Bonchev–Trinajstić information content (AvgIpc) is 2.61. The molecule has 1 heterocycles. The molecule has 0 aliphatic rings. The van der Waals surface area contributed by atoms with E-state index in [1.165, 1.54) is 0 Å². The maximum absolute atomic E-state index is 12.1. The number of hydrogen-bond acceptors (Lipinski definition) is 3. The van der Waals surface area contributed by atoms with E-state index in [4.69, 9.17) is 5.73 Å². The van der Waals surface area contributed by atoms with E-state index in [1.807, 2.05) is 20.9 Å². The number of benzene rings is 1. The van der Waals surface area contributed by atoms with Gasteiger partial charge in [-0.3, -0.25) is 9.48 Å². The Bertz CT molecular complexity index is 601. The molecule has 0 atom stereocenters. The third kappa shape index (κ3) is 2.34. The zero-order chi connectivity index (χ0) is 13.3. The monoisotopic (exact) mass is 244 g/mol. The van der Waals surface area contributed by atoms with Gasteiger partial charge < -0.3 is 11.1 Å². The summed E-state index contributed by atoms with van der Waals surface area (Å²) in [6, 6.07) is 5.22. The van der Waals surface area contributed by atoms with Gasteiger partial charge in [-0.15, -0.1) is 0 Å². The van der Waals surface area contributed by atoms with Gasteiger partial charge in [0.25, 0.3) is 5.91 Å². The number of anilines is 2. The molecule has 94 valence electrons. The van der Waals surface area contributed by atoms with Crippen LogP contribution in [0.25, 0.3) is 0 Å². The van der Waals surface area contributed by atoms with Gasteiger partial charge in [-0.1, -0.05) is 0 Å². The smallest absolute Gasteiger partial charge is 0.255 e. The van der Waals surface area contributed by atoms with Crippen LogP contribution in [0.2, 0.25) is 0 Å². The second-order valence-corrected chi connectivity index (χ2v) is 4.33. The molecule has 0 spiro atoms. The molecule has 2 rings (SSSR count). The van der Waals surface area contributed by atoms with Crippen molar-refractivity contribution in [1.29, 1.82) is 0 Å². The van der Waals surface area contributed by atoms with Crippen LogP contribution in [0.15, 0.2) is 24.4 Å². The summed E-state index contributed by atoms with van der Waals surface area (Å²) in [6.07, 6.45) is 1.78. The van der Waals surface area contributed by atoms with Crippen LogP contribution in [-0.2, 0) is 7.05 Å². The number of carbonyl (C=O) groups excluding carboxylic acids is 1. The zero-order valence-electron chi connectivity index (χ0n) is 10.7. The lowest BCUT2D eigenvalue weighted by molar-refractivity contribution is 0.102. The van der Waals surface area contributed by atoms with E-state index in [9.17, 15) is 4.79 Å². The number of nitrogens with two attached hydrogens (primary N) is 1. The summed E-state index contributed by atoms with van der Waals surface area (Å²) in [5.41, 5.74) is 9.40. The highest BCUT2D eigenvalue weighted by atomic mass is 16.1. The second kappa shape index (κ2) is 4.52. The summed E-state index contributed by atoms with van der Waals surface area (Å²) in [6.45, 7) is 3.73. The minimum atomic E-state index is -0.158. The Morgan fingerprint density at radius 3 is 2.67 bits per heavy atom. The Morgan fingerprint density at radius 1 is 1.39 bits per heavy atom. The number of hydrogen-bond donors (Lipinski definition) is 2. The SMILES string of the molecule is Cc1cc(C(=O)Nc2cn(C)nc2C)ccc1N. The van der Waals surface area contributed by atoms with Crippen molar-refractivity contribution in [1.82, 2.24) is 9.78 Å². The predicted molar refractivity (Wildman–Crippen MR) is 71.5 cm³/mol. The fourth-order valence-electron chi connectivity index (χ4n) is 1.73. The van der Waals surface area contributed by atoms with E-state index >= 15 is 0 Å². The number of aromatic nitrogens is 2. The van der Waals surface area contributed by atoms with Gasteiger partial charge in [0.2, 0.25) is 0 Å². The maximum atomic E-state index is 12.1. The van der Waals surface area contributed by atoms with Crippen molar-refractivity contribution in [2.24, 2.45) is 7.05 Å². The van der Waals surface area contributed by atoms with E-state index in [0.29, 0.717) is 11.3 Å². The summed E-state index contributed by atoms with van der Waals surface area (Å²) >= 11 is 0. The van der Waals surface area contributed by atoms with E-state index in [-0.39, 0.29) is 5.91 Å². The average molecular weight is 244 g/mol. The maximum Gasteiger partial charge on any atom is 0.255 e. The Hall–Kier alpha value is -2.30. The topological polar surface area (TPSA) is 72.9 Å². The standard InChI is InChI=1S/C13H16N4O/c1-8-6-10(4-5-11(8)14)13(18)15-12-7-17(3)16-9(12)2/h4-7H,14H2,1-3H3,(H,15,18). The van der Waals surface area contributed by atoms with Gasteiger partial charge >= 0.3 is 0 Å². The molecule has 5 heteroatoms. The Kier molecular flexibility index (Phi) is 3.06. The molecule has 0 aliphatic carbocycles. The number of nitrogens with zero attached hydrogens (tertiary/aromatic N) is 2. The van der Waals surface area contributed by atoms with Crippen LogP contribution in [0.5, 0.6) is 0 Å². The summed E-state index contributed by atoms with van der Waals surface area (Å²) in [4.78, 5) is 12.1. The number of nitrogens with one attached hydrogen (secondary N) is 1. The molecule has 1 aromatic heterocycles. The first-order chi connectivity index (χ1) is 8.47. The molecule has 0 bridgehead atoms. The van der Waals surface area contributed by atoms with Crippen LogP contribution < -0.4 is 11.1 Å². The Labute approximate surface area is 106 Å². The predicted octanol–water partition coefficient (Wildman–Crippen LogP) is 1.87. The minimum Gasteiger partial charge on any atom is -0.399 e. The fourth-order valence-corrected chi connectivity index (χ4v) is 1.73. The molecule has 2 aromatic rings. The largest absolute Gasteiger partial charge is 0.399 e. The van der Waals surface area contributed by atoms with Crippen LogP contribution in [0.4, 0.5) is 11.4 Å². The van der Waals surface area contributed by atoms with Crippen molar-refractivity contribution < 1.29 is 4.79 Å². The number of nitrogen functional groups attached to an aromatic ring is 1. The second-order valence-electron chi connectivity index (χ2n) is 4.33. The van der Waals surface area contributed by atoms with Gasteiger partial charge in [0.05, 0.1) is 11.4 Å². The van der Waals surface area contributed by atoms with Gasteiger partial charge in [-0.25, -0.2) is 0 Å². The van der Waals surface area contributed by atoms with Gasteiger partial charge in [0, 0.05) is 24.5 Å². The van der Waals surface area contributed by atoms with Gasteiger partial charge in [-0.2, -0.15) is 5.10 Å². The van der Waals surface area contributed by atoms with Crippen LogP contribution in [0, 0.1) is 13.8 Å². The highest BCUT2D eigenvalue weighted by molar-refractivity contribution is 6.04. The van der Waals surface area contributed by atoms with E-state index in [2.05, 4.69) is 10.4 Å². The highest BCUT2D eigenvalue weighted by Crippen LogP contribution is 2.16. The van der Waals surface area contributed by atoms with Crippen molar-refractivity contribution in [2.75, 3.05) is 11.1 Å².